The lowest BCUT2D eigenvalue weighted by atomic mass is 10.0. The first-order chi connectivity index (χ1) is 9.22. The lowest BCUT2D eigenvalue weighted by Gasteiger charge is -2.23. The summed E-state index contributed by atoms with van der Waals surface area (Å²) in [4.78, 5) is 4.43. The molecule has 114 valence electrons. The van der Waals surface area contributed by atoms with E-state index < -0.39 is 5.60 Å². The van der Waals surface area contributed by atoms with Gasteiger partial charge in [0.1, 0.15) is 12.3 Å². The number of thioether (sulfide) groups is 1. The summed E-state index contributed by atoms with van der Waals surface area (Å²) in [5.74, 6) is 3.35. The fraction of sp³-hybridized carbons (Fsp3) is 0.615. The van der Waals surface area contributed by atoms with Crippen molar-refractivity contribution in [3.8, 4) is 0 Å². The molecule has 1 atom stereocenters. The van der Waals surface area contributed by atoms with Crippen LogP contribution in [0, 0.1) is 0 Å². The molecule has 1 aliphatic rings. The van der Waals surface area contributed by atoms with E-state index in [0.29, 0.717) is 19.0 Å². The molecule has 3 N–H and O–H groups in total. The molecular weight excluding hydrogens is 389 g/mol. The third-order valence-corrected chi connectivity index (χ3v) is 4.22. The van der Waals surface area contributed by atoms with Gasteiger partial charge in [0, 0.05) is 18.8 Å². The molecule has 0 bridgehead atoms. The highest BCUT2D eigenvalue weighted by molar-refractivity contribution is 14.0. The van der Waals surface area contributed by atoms with Crippen LogP contribution < -0.4 is 10.6 Å². The molecule has 1 saturated heterocycles. The standard InChI is InChI=1S/C13H21N3O2S.HI/c1-2-14-12(15-8-11-4-3-6-18-11)16-9-13(17)5-7-19-10-13;/h3-4,6,17H,2,5,7-10H2,1H3,(H2,14,15,16);1H. The number of hydrogen-bond donors (Lipinski definition) is 3. The molecule has 0 spiro atoms. The summed E-state index contributed by atoms with van der Waals surface area (Å²) in [6, 6.07) is 3.75. The highest BCUT2D eigenvalue weighted by Crippen LogP contribution is 2.26. The van der Waals surface area contributed by atoms with Crippen molar-refractivity contribution in [3.05, 3.63) is 24.2 Å². The first-order valence-corrected chi connectivity index (χ1v) is 7.72. The third kappa shape index (κ3) is 5.53. The predicted octanol–water partition coefficient (Wildman–Crippen LogP) is 1.82. The van der Waals surface area contributed by atoms with Crippen LogP contribution in [0.25, 0.3) is 0 Å². The molecule has 0 saturated carbocycles. The molecule has 1 aromatic rings. The SMILES string of the molecule is CCNC(=NCc1ccco1)NCC1(O)CCSC1.I. The highest BCUT2D eigenvalue weighted by atomic mass is 127. The summed E-state index contributed by atoms with van der Waals surface area (Å²) in [5, 5.41) is 16.6. The third-order valence-electron chi connectivity index (χ3n) is 2.98. The van der Waals surface area contributed by atoms with Gasteiger partial charge >= 0.3 is 0 Å². The van der Waals surface area contributed by atoms with E-state index in [1.165, 1.54) is 0 Å². The van der Waals surface area contributed by atoms with E-state index in [-0.39, 0.29) is 24.0 Å². The summed E-state index contributed by atoms with van der Waals surface area (Å²) in [6.45, 7) is 3.83. The van der Waals surface area contributed by atoms with E-state index in [0.717, 1.165) is 30.2 Å². The van der Waals surface area contributed by atoms with Crippen LogP contribution in [0.3, 0.4) is 0 Å². The minimum atomic E-state index is -0.606. The maximum absolute atomic E-state index is 10.3. The zero-order chi connectivity index (χ0) is 13.6. The van der Waals surface area contributed by atoms with Gasteiger partial charge in [0.25, 0.3) is 0 Å². The van der Waals surface area contributed by atoms with Crippen LogP contribution in [0.15, 0.2) is 27.8 Å². The number of rotatable bonds is 5. The van der Waals surface area contributed by atoms with Gasteiger partial charge in [0.15, 0.2) is 5.96 Å². The number of guanidine groups is 1. The summed E-state index contributed by atoms with van der Waals surface area (Å²) >= 11 is 1.79. The Morgan fingerprint density at radius 3 is 3.00 bits per heavy atom. The van der Waals surface area contributed by atoms with Gasteiger partial charge in [-0.2, -0.15) is 11.8 Å². The molecule has 20 heavy (non-hydrogen) atoms. The van der Waals surface area contributed by atoms with Crippen LogP contribution in [0.5, 0.6) is 0 Å². The number of furan rings is 1. The average Bonchev–Trinajstić information content (AvgIpc) is 3.05. The molecule has 1 aliphatic heterocycles. The Kier molecular flexibility index (Phi) is 7.75. The molecule has 0 aromatic carbocycles. The van der Waals surface area contributed by atoms with Crippen LogP contribution in [0.2, 0.25) is 0 Å². The quantitative estimate of drug-likeness (QED) is 0.392. The zero-order valence-electron chi connectivity index (χ0n) is 11.6. The van der Waals surface area contributed by atoms with Gasteiger partial charge in [0.05, 0.1) is 11.9 Å². The molecule has 0 radical (unpaired) electrons. The van der Waals surface area contributed by atoms with Crippen LogP contribution in [-0.4, -0.2) is 41.3 Å². The van der Waals surface area contributed by atoms with Crippen molar-refractivity contribution in [1.29, 1.82) is 0 Å². The zero-order valence-corrected chi connectivity index (χ0v) is 14.7. The van der Waals surface area contributed by atoms with Gasteiger partial charge < -0.3 is 20.2 Å². The molecule has 7 heteroatoms. The molecular formula is C13H22IN3O2S. The molecule has 0 amide bonds. The van der Waals surface area contributed by atoms with Crippen molar-refractivity contribution in [2.24, 2.45) is 4.99 Å². The lowest BCUT2D eigenvalue weighted by Crippen LogP contribution is -2.47. The van der Waals surface area contributed by atoms with Crippen molar-refractivity contribution >= 4 is 41.7 Å². The summed E-state index contributed by atoms with van der Waals surface area (Å²) in [7, 11) is 0. The van der Waals surface area contributed by atoms with Crippen LogP contribution >= 0.6 is 35.7 Å². The Morgan fingerprint density at radius 1 is 1.55 bits per heavy atom. The normalized spacial score (nSPS) is 22.4. The van der Waals surface area contributed by atoms with Crippen molar-refractivity contribution < 1.29 is 9.52 Å². The Hall–Kier alpha value is -0.410. The van der Waals surface area contributed by atoms with E-state index in [1.54, 1.807) is 18.0 Å². The fourth-order valence-electron chi connectivity index (χ4n) is 1.89. The number of halogens is 1. The first-order valence-electron chi connectivity index (χ1n) is 6.56. The van der Waals surface area contributed by atoms with E-state index in [2.05, 4.69) is 15.6 Å². The molecule has 2 heterocycles. The molecule has 1 aromatic heterocycles. The Balaban J connectivity index is 0.00000200. The molecule has 0 aliphatic carbocycles. The first kappa shape index (κ1) is 17.6. The van der Waals surface area contributed by atoms with Gasteiger partial charge in [-0.05, 0) is 31.2 Å². The predicted molar refractivity (Wildman–Crippen MR) is 93.8 cm³/mol. The number of nitrogens with zero attached hydrogens (tertiary/aromatic N) is 1. The largest absolute Gasteiger partial charge is 0.467 e. The second kappa shape index (κ2) is 8.78. The van der Waals surface area contributed by atoms with Crippen molar-refractivity contribution in [2.75, 3.05) is 24.6 Å². The molecule has 1 fully saturated rings. The van der Waals surface area contributed by atoms with Crippen molar-refractivity contribution in [2.45, 2.75) is 25.5 Å². The highest BCUT2D eigenvalue weighted by Gasteiger charge is 2.31. The maximum Gasteiger partial charge on any atom is 0.191 e. The summed E-state index contributed by atoms with van der Waals surface area (Å²) in [6.07, 6.45) is 2.48. The van der Waals surface area contributed by atoms with Gasteiger partial charge in [-0.15, -0.1) is 24.0 Å². The van der Waals surface area contributed by atoms with Crippen LogP contribution in [0.1, 0.15) is 19.1 Å². The molecule has 5 nitrogen and oxygen atoms in total. The van der Waals surface area contributed by atoms with Gasteiger partial charge in [-0.25, -0.2) is 4.99 Å². The van der Waals surface area contributed by atoms with Crippen molar-refractivity contribution in [1.82, 2.24) is 10.6 Å². The Morgan fingerprint density at radius 2 is 2.40 bits per heavy atom. The average molecular weight is 411 g/mol. The summed E-state index contributed by atoms with van der Waals surface area (Å²) in [5.41, 5.74) is -0.606. The lowest BCUT2D eigenvalue weighted by molar-refractivity contribution is 0.0724. The van der Waals surface area contributed by atoms with E-state index in [4.69, 9.17) is 4.42 Å². The second-order valence-corrected chi connectivity index (χ2v) is 5.76. The van der Waals surface area contributed by atoms with E-state index >= 15 is 0 Å². The van der Waals surface area contributed by atoms with Crippen LogP contribution in [-0.2, 0) is 6.54 Å². The second-order valence-electron chi connectivity index (χ2n) is 4.66. The summed E-state index contributed by atoms with van der Waals surface area (Å²) < 4.78 is 5.24. The number of hydrogen-bond acceptors (Lipinski definition) is 4. The monoisotopic (exact) mass is 411 g/mol. The number of nitrogens with one attached hydrogen (secondary N) is 2. The number of aliphatic hydroxyl groups is 1. The number of aliphatic imine (C=N–C) groups is 1. The maximum atomic E-state index is 10.3. The van der Waals surface area contributed by atoms with E-state index in [9.17, 15) is 5.11 Å². The Bertz CT molecular complexity index is 406. The minimum Gasteiger partial charge on any atom is -0.467 e. The molecule has 2 rings (SSSR count). The van der Waals surface area contributed by atoms with Crippen LogP contribution in [0.4, 0.5) is 0 Å². The smallest absolute Gasteiger partial charge is 0.191 e. The minimum absolute atomic E-state index is 0. The van der Waals surface area contributed by atoms with Gasteiger partial charge in [0.2, 0.25) is 0 Å². The van der Waals surface area contributed by atoms with E-state index in [1.807, 2.05) is 19.1 Å². The fourth-order valence-corrected chi connectivity index (χ4v) is 3.18. The topological polar surface area (TPSA) is 69.8 Å². The van der Waals surface area contributed by atoms with Gasteiger partial charge in [-0.1, -0.05) is 0 Å². The van der Waals surface area contributed by atoms with Crippen molar-refractivity contribution in [3.63, 3.8) is 0 Å². The Labute approximate surface area is 141 Å². The molecule has 1 unspecified atom stereocenters. The van der Waals surface area contributed by atoms with Gasteiger partial charge in [-0.3, -0.25) is 0 Å².